The second-order valence-electron chi connectivity index (χ2n) is 9.72. The molecule has 10 heteroatoms. The van der Waals surface area contributed by atoms with Gasteiger partial charge in [-0.2, -0.15) is 5.10 Å². The summed E-state index contributed by atoms with van der Waals surface area (Å²) in [6.45, 7) is 0. The molecule has 3 aliphatic carbocycles. The predicted molar refractivity (Wildman–Crippen MR) is 129 cm³/mol. The second-order valence-corrected chi connectivity index (χ2v) is 9.72. The molecule has 4 N–H and O–H groups in total. The lowest BCUT2D eigenvalue weighted by Crippen LogP contribution is -2.19. The third-order valence-electron chi connectivity index (χ3n) is 7.22. The van der Waals surface area contributed by atoms with Crippen molar-refractivity contribution in [1.82, 2.24) is 20.0 Å². The highest BCUT2D eigenvalue weighted by atomic mass is 16.5. The van der Waals surface area contributed by atoms with Gasteiger partial charge in [0, 0.05) is 29.3 Å². The van der Waals surface area contributed by atoms with E-state index in [0.717, 1.165) is 35.8 Å². The van der Waals surface area contributed by atoms with Crippen LogP contribution in [0.2, 0.25) is 0 Å². The van der Waals surface area contributed by atoms with Gasteiger partial charge >= 0.3 is 0 Å². The third-order valence-corrected chi connectivity index (χ3v) is 7.22. The van der Waals surface area contributed by atoms with Gasteiger partial charge in [-0.15, -0.1) is 10.2 Å². The van der Waals surface area contributed by atoms with Crippen molar-refractivity contribution in [3.63, 3.8) is 0 Å². The van der Waals surface area contributed by atoms with Gasteiger partial charge in [-0.3, -0.25) is 14.3 Å². The zero-order valence-corrected chi connectivity index (χ0v) is 19.4. The summed E-state index contributed by atoms with van der Waals surface area (Å²) in [6, 6.07) is 7.73. The SMILES string of the molecule is COc1c(Nc2cc(NC(=O)C3CC3)nnc2C(N)=O)cccc1-c1cnn(C2C[C@@H]3C[C@@H]3C2)c1. The number of hydrogen-bond donors (Lipinski definition) is 3. The summed E-state index contributed by atoms with van der Waals surface area (Å²) in [7, 11) is 1.60. The quantitative estimate of drug-likeness (QED) is 0.455. The minimum Gasteiger partial charge on any atom is -0.494 e. The summed E-state index contributed by atoms with van der Waals surface area (Å²) >= 11 is 0. The Kier molecular flexibility index (Phi) is 5.16. The maximum atomic E-state index is 12.2. The lowest BCUT2D eigenvalue weighted by Gasteiger charge is -2.16. The number of amides is 2. The molecule has 2 aromatic heterocycles. The molecule has 3 saturated carbocycles. The molecule has 0 bridgehead atoms. The van der Waals surface area contributed by atoms with Crippen molar-refractivity contribution in [3.8, 4) is 16.9 Å². The van der Waals surface area contributed by atoms with Crippen LogP contribution in [0.25, 0.3) is 11.1 Å². The molecule has 1 unspecified atom stereocenters. The van der Waals surface area contributed by atoms with E-state index in [9.17, 15) is 9.59 Å². The topological polar surface area (TPSA) is 137 Å². The number of nitrogens with one attached hydrogen (secondary N) is 2. The van der Waals surface area contributed by atoms with Crippen LogP contribution in [0.15, 0.2) is 36.7 Å². The number of nitrogens with zero attached hydrogens (tertiary/aromatic N) is 4. The van der Waals surface area contributed by atoms with Crippen LogP contribution in [0, 0.1) is 17.8 Å². The van der Waals surface area contributed by atoms with Gasteiger partial charge in [0.25, 0.3) is 5.91 Å². The number of benzene rings is 1. The molecule has 2 heterocycles. The molecular weight excluding hydrogens is 446 g/mol. The summed E-state index contributed by atoms with van der Waals surface area (Å²) in [5, 5.41) is 18.5. The molecule has 0 saturated heterocycles. The van der Waals surface area contributed by atoms with Crippen LogP contribution in [-0.2, 0) is 4.79 Å². The smallest absolute Gasteiger partial charge is 0.271 e. The fraction of sp³-hybridized carbons (Fsp3) is 0.400. The van der Waals surface area contributed by atoms with Crippen molar-refractivity contribution in [2.75, 3.05) is 17.7 Å². The summed E-state index contributed by atoms with van der Waals surface area (Å²) < 4.78 is 7.85. The number of carbonyl (C=O) groups excluding carboxylic acids is 2. The van der Waals surface area contributed by atoms with E-state index in [1.54, 1.807) is 13.2 Å². The number of aromatic nitrogens is 4. The lowest BCUT2D eigenvalue weighted by molar-refractivity contribution is -0.117. The first-order chi connectivity index (χ1) is 17.0. The van der Waals surface area contributed by atoms with Gasteiger partial charge in [-0.25, -0.2) is 0 Å². The molecule has 6 rings (SSSR count). The molecular formula is C25H27N7O3. The van der Waals surface area contributed by atoms with Crippen LogP contribution in [0.1, 0.15) is 48.6 Å². The summed E-state index contributed by atoms with van der Waals surface area (Å²) in [4.78, 5) is 24.2. The van der Waals surface area contributed by atoms with E-state index < -0.39 is 5.91 Å². The summed E-state index contributed by atoms with van der Waals surface area (Å²) in [5.74, 6) is 1.78. The van der Waals surface area contributed by atoms with Gasteiger partial charge in [0.15, 0.2) is 11.5 Å². The fourth-order valence-corrected chi connectivity index (χ4v) is 5.11. The molecule has 3 atom stereocenters. The number of hydrogen-bond acceptors (Lipinski definition) is 7. The first-order valence-corrected chi connectivity index (χ1v) is 12.0. The van der Waals surface area contributed by atoms with Crippen LogP contribution in [0.3, 0.4) is 0 Å². The van der Waals surface area contributed by atoms with Gasteiger partial charge in [0.05, 0.1) is 30.7 Å². The van der Waals surface area contributed by atoms with Crippen molar-refractivity contribution < 1.29 is 14.3 Å². The van der Waals surface area contributed by atoms with Gasteiger partial charge in [-0.1, -0.05) is 12.1 Å². The molecule has 2 amide bonds. The Balaban J connectivity index is 1.29. The highest BCUT2D eigenvalue weighted by Gasteiger charge is 2.46. The van der Waals surface area contributed by atoms with E-state index in [1.165, 1.54) is 19.3 Å². The average molecular weight is 474 g/mol. The highest BCUT2D eigenvalue weighted by molar-refractivity contribution is 5.99. The maximum absolute atomic E-state index is 12.2. The number of fused-ring (bicyclic) bond motifs is 1. The molecule has 0 aliphatic heterocycles. The lowest BCUT2D eigenvalue weighted by atomic mass is 10.1. The molecule has 180 valence electrons. The zero-order valence-electron chi connectivity index (χ0n) is 19.4. The maximum Gasteiger partial charge on any atom is 0.271 e. The zero-order chi connectivity index (χ0) is 24.1. The first-order valence-electron chi connectivity index (χ1n) is 12.0. The van der Waals surface area contributed by atoms with Crippen molar-refractivity contribution in [3.05, 3.63) is 42.4 Å². The molecule has 10 nitrogen and oxygen atoms in total. The van der Waals surface area contributed by atoms with Crippen molar-refractivity contribution in [2.24, 2.45) is 23.5 Å². The number of ether oxygens (including phenoxy) is 1. The van der Waals surface area contributed by atoms with Crippen molar-refractivity contribution >= 4 is 29.0 Å². The summed E-state index contributed by atoms with van der Waals surface area (Å²) in [6.07, 6.45) is 9.45. The third kappa shape index (κ3) is 4.20. The molecule has 3 aromatic rings. The van der Waals surface area contributed by atoms with E-state index >= 15 is 0 Å². The van der Waals surface area contributed by atoms with E-state index in [2.05, 4.69) is 36.8 Å². The Labute approximate surface area is 202 Å². The molecule has 0 radical (unpaired) electrons. The van der Waals surface area contributed by atoms with E-state index in [1.807, 2.05) is 24.4 Å². The minimum atomic E-state index is -0.730. The summed E-state index contributed by atoms with van der Waals surface area (Å²) in [5.41, 5.74) is 8.27. The Morgan fingerprint density at radius 1 is 1.11 bits per heavy atom. The normalized spacial score (nSPS) is 22.4. The van der Waals surface area contributed by atoms with Gasteiger partial charge in [0.2, 0.25) is 5.91 Å². The number of para-hydroxylation sites is 1. The van der Waals surface area contributed by atoms with E-state index in [0.29, 0.717) is 23.2 Å². The first kappa shape index (κ1) is 21.6. The molecule has 3 fully saturated rings. The van der Waals surface area contributed by atoms with Gasteiger partial charge < -0.3 is 21.1 Å². The van der Waals surface area contributed by atoms with E-state index in [-0.39, 0.29) is 23.3 Å². The van der Waals surface area contributed by atoms with Crippen LogP contribution < -0.4 is 21.1 Å². The monoisotopic (exact) mass is 473 g/mol. The largest absolute Gasteiger partial charge is 0.494 e. The Bertz CT molecular complexity index is 1310. The van der Waals surface area contributed by atoms with Crippen LogP contribution in [-0.4, -0.2) is 38.9 Å². The molecule has 0 spiro atoms. The highest BCUT2D eigenvalue weighted by Crippen LogP contribution is 2.56. The molecule has 35 heavy (non-hydrogen) atoms. The van der Waals surface area contributed by atoms with Gasteiger partial charge in [0.1, 0.15) is 5.75 Å². The number of anilines is 3. The molecule has 3 aliphatic rings. The fourth-order valence-electron chi connectivity index (χ4n) is 5.11. The average Bonchev–Trinajstić information content (AvgIpc) is 3.74. The standard InChI is InChI=1S/C25H27N7O3/c1-35-23-18(16-11-27-32(12-16)17-8-14-7-15(14)9-17)3-2-4-19(23)28-20-10-21(29-25(34)13-5-6-13)30-31-22(20)24(26)33/h2-4,10-15,17H,5-9H2,1H3,(H2,26,33)(H2,28,29,30,34)/t14-,15+,17?. The van der Waals surface area contributed by atoms with Crippen molar-refractivity contribution in [2.45, 2.75) is 38.1 Å². The Hall–Kier alpha value is -3.95. The Morgan fingerprint density at radius 2 is 1.91 bits per heavy atom. The van der Waals surface area contributed by atoms with Crippen LogP contribution in [0.5, 0.6) is 5.75 Å². The Morgan fingerprint density at radius 3 is 2.63 bits per heavy atom. The predicted octanol–water partition coefficient (Wildman–Crippen LogP) is 3.51. The number of primary amides is 1. The number of methoxy groups -OCH3 is 1. The number of rotatable bonds is 8. The second kappa shape index (κ2) is 8.37. The van der Waals surface area contributed by atoms with Crippen LogP contribution in [0.4, 0.5) is 17.2 Å². The number of nitrogens with two attached hydrogens (primary N) is 1. The molecule has 1 aromatic carbocycles. The van der Waals surface area contributed by atoms with Crippen LogP contribution >= 0.6 is 0 Å². The van der Waals surface area contributed by atoms with Gasteiger partial charge in [-0.05, 0) is 50.0 Å². The number of carbonyl (C=O) groups is 2. The minimum absolute atomic E-state index is 0.0109. The van der Waals surface area contributed by atoms with E-state index in [4.69, 9.17) is 10.5 Å². The van der Waals surface area contributed by atoms with Crippen molar-refractivity contribution in [1.29, 1.82) is 0 Å².